The first-order chi connectivity index (χ1) is 8.58. The Morgan fingerprint density at radius 1 is 1.50 bits per heavy atom. The Kier molecular flexibility index (Phi) is 4.78. The fraction of sp³-hybridized carbons (Fsp3) is 0.417. The van der Waals surface area contributed by atoms with E-state index in [9.17, 15) is 9.90 Å². The van der Waals surface area contributed by atoms with E-state index >= 15 is 0 Å². The number of hydrogen-bond acceptors (Lipinski definition) is 3. The number of aliphatic carboxylic acids is 1. The highest BCUT2D eigenvalue weighted by Crippen LogP contribution is 2.25. The molecule has 1 N–H and O–H groups in total. The van der Waals surface area contributed by atoms with Gasteiger partial charge in [-0.15, -0.1) is 0 Å². The fourth-order valence-corrected chi connectivity index (χ4v) is 3.50. The highest BCUT2D eigenvalue weighted by molar-refractivity contribution is 7.99. The van der Waals surface area contributed by atoms with Crippen LogP contribution in [-0.2, 0) is 11.3 Å². The maximum absolute atomic E-state index is 11.2. The topological polar surface area (TPSA) is 40.5 Å². The van der Waals surface area contributed by atoms with E-state index in [4.69, 9.17) is 23.2 Å². The Bertz CT molecular complexity index is 456. The molecule has 0 saturated carbocycles. The molecule has 1 aliphatic heterocycles. The van der Waals surface area contributed by atoms with Crippen molar-refractivity contribution in [2.45, 2.75) is 12.6 Å². The van der Waals surface area contributed by atoms with E-state index < -0.39 is 12.0 Å². The summed E-state index contributed by atoms with van der Waals surface area (Å²) >= 11 is 13.6. The summed E-state index contributed by atoms with van der Waals surface area (Å²) in [4.78, 5) is 13.1. The number of carbonyl (C=O) groups is 1. The second-order valence-corrected chi connectivity index (χ2v) is 6.13. The third kappa shape index (κ3) is 3.32. The molecule has 0 bridgehead atoms. The number of carboxylic acids is 1. The summed E-state index contributed by atoms with van der Waals surface area (Å²) in [7, 11) is 0. The summed E-state index contributed by atoms with van der Waals surface area (Å²) in [6.45, 7) is 1.31. The Labute approximate surface area is 120 Å². The van der Waals surface area contributed by atoms with Gasteiger partial charge in [0, 0.05) is 34.6 Å². The van der Waals surface area contributed by atoms with Gasteiger partial charge in [0.15, 0.2) is 0 Å². The fourth-order valence-electron chi connectivity index (χ4n) is 1.92. The van der Waals surface area contributed by atoms with E-state index in [0.717, 1.165) is 17.9 Å². The zero-order valence-electron chi connectivity index (χ0n) is 9.60. The molecule has 6 heteroatoms. The second-order valence-electron chi connectivity index (χ2n) is 4.14. The van der Waals surface area contributed by atoms with Gasteiger partial charge in [-0.3, -0.25) is 9.69 Å². The van der Waals surface area contributed by atoms with Gasteiger partial charge in [-0.25, -0.2) is 0 Å². The van der Waals surface area contributed by atoms with E-state index in [1.165, 1.54) is 0 Å². The standard InChI is InChI=1S/C12H13Cl2NO2S/c13-9-2-1-8(10(14)5-9)6-15-3-4-18-7-11(15)12(16)17/h1-2,5,11H,3-4,6-7H2,(H,16,17). The molecule has 2 rings (SSSR count). The number of hydrogen-bond donors (Lipinski definition) is 1. The molecular weight excluding hydrogens is 293 g/mol. The molecule has 0 aromatic heterocycles. The van der Waals surface area contributed by atoms with Crippen molar-refractivity contribution in [3.05, 3.63) is 33.8 Å². The maximum Gasteiger partial charge on any atom is 0.321 e. The lowest BCUT2D eigenvalue weighted by Gasteiger charge is -2.32. The van der Waals surface area contributed by atoms with Gasteiger partial charge in [-0.05, 0) is 17.7 Å². The van der Waals surface area contributed by atoms with Crippen LogP contribution in [-0.4, -0.2) is 40.1 Å². The maximum atomic E-state index is 11.2. The van der Waals surface area contributed by atoms with Crippen molar-refractivity contribution in [1.82, 2.24) is 4.90 Å². The highest BCUT2D eigenvalue weighted by atomic mass is 35.5. The first-order valence-corrected chi connectivity index (χ1v) is 7.47. The molecule has 0 radical (unpaired) electrons. The molecule has 1 atom stereocenters. The number of rotatable bonds is 3. The summed E-state index contributed by atoms with van der Waals surface area (Å²) in [5.41, 5.74) is 0.916. The van der Waals surface area contributed by atoms with Crippen LogP contribution in [0.5, 0.6) is 0 Å². The molecule has 1 fully saturated rings. The van der Waals surface area contributed by atoms with Gasteiger partial charge in [-0.2, -0.15) is 11.8 Å². The largest absolute Gasteiger partial charge is 0.480 e. The SMILES string of the molecule is O=C(O)C1CSCCN1Cc1ccc(Cl)cc1Cl. The normalized spacial score (nSPS) is 20.9. The Morgan fingerprint density at radius 3 is 2.94 bits per heavy atom. The van der Waals surface area contributed by atoms with Gasteiger partial charge in [0.05, 0.1) is 0 Å². The van der Waals surface area contributed by atoms with Crippen LogP contribution in [0.1, 0.15) is 5.56 Å². The third-order valence-electron chi connectivity index (χ3n) is 2.91. The van der Waals surface area contributed by atoms with E-state index in [0.29, 0.717) is 22.3 Å². The lowest BCUT2D eigenvalue weighted by atomic mass is 10.1. The molecule has 1 aromatic rings. The van der Waals surface area contributed by atoms with Crippen LogP contribution in [0.25, 0.3) is 0 Å². The predicted octanol–water partition coefficient (Wildman–Crippen LogP) is 3.00. The minimum Gasteiger partial charge on any atom is -0.480 e. The molecule has 0 aliphatic carbocycles. The average Bonchev–Trinajstić information content (AvgIpc) is 2.33. The van der Waals surface area contributed by atoms with Gasteiger partial charge in [0.2, 0.25) is 0 Å². The van der Waals surface area contributed by atoms with Crippen LogP contribution < -0.4 is 0 Å². The molecule has 1 aliphatic rings. The van der Waals surface area contributed by atoms with Crippen LogP contribution in [0.15, 0.2) is 18.2 Å². The van der Waals surface area contributed by atoms with E-state index in [-0.39, 0.29) is 0 Å². The highest BCUT2D eigenvalue weighted by Gasteiger charge is 2.29. The first kappa shape index (κ1) is 14.0. The Balaban J connectivity index is 2.13. The predicted molar refractivity (Wildman–Crippen MR) is 75.6 cm³/mol. The zero-order chi connectivity index (χ0) is 13.1. The second kappa shape index (κ2) is 6.15. The van der Waals surface area contributed by atoms with Crippen LogP contribution in [0.3, 0.4) is 0 Å². The van der Waals surface area contributed by atoms with Crippen molar-refractivity contribution < 1.29 is 9.90 Å². The van der Waals surface area contributed by atoms with E-state index in [1.807, 2.05) is 11.0 Å². The van der Waals surface area contributed by atoms with Crippen molar-refractivity contribution in [3.8, 4) is 0 Å². The molecule has 18 heavy (non-hydrogen) atoms. The summed E-state index contributed by atoms with van der Waals surface area (Å²) < 4.78 is 0. The van der Waals surface area contributed by atoms with E-state index in [1.54, 1.807) is 23.9 Å². The molecule has 1 heterocycles. The number of nitrogens with zero attached hydrogens (tertiary/aromatic N) is 1. The van der Waals surface area contributed by atoms with Gasteiger partial charge in [0.25, 0.3) is 0 Å². The van der Waals surface area contributed by atoms with Gasteiger partial charge < -0.3 is 5.11 Å². The van der Waals surface area contributed by atoms with Crippen LogP contribution in [0.2, 0.25) is 10.0 Å². The number of halogens is 2. The number of thioether (sulfide) groups is 1. The lowest BCUT2D eigenvalue weighted by Crippen LogP contribution is -2.46. The van der Waals surface area contributed by atoms with Crippen LogP contribution in [0.4, 0.5) is 0 Å². The minimum atomic E-state index is -0.771. The van der Waals surface area contributed by atoms with Crippen molar-refractivity contribution in [3.63, 3.8) is 0 Å². The van der Waals surface area contributed by atoms with Crippen molar-refractivity contribution >= 4 is 40.9 Å². The molecule has 1 unspecified atom stereocenters. The lowest BCUT2D eigenvalue weighted by molar-refractivity contribution is -0.142. The Hall–Kier alpha value is -0.420. The third-order valence-corrected chi connectivity index (χ3v) is 4.52. The molecule has 0 amide bonds. The first-order valence-electron chi connectivity index (χ1n) is 5.56. The molecule has 3 nitrogen and oxygen atoms in total. The van der Waals surface area contributed by atoms with Crippen molar-refractivity contribution in [1.29, 1.82) is 0 Å². The quantitative estimate of drug-likeness (QED) is 0.932. The van der Waals surface area contributed by atoms with Crippen LogP contribution >= 0.6 is 35.0 Å². The molecule has 98 valence electrons. The Morgan fingerprint density at radius 2 is 2.28 bits per heavy atom. The minimum absolute atomic E-state index is 0.435. The average molecular weight is 306 g/mol. The van der Waals surface area contributed by atoms with Gasteiger partial charge in [0.1, 0.15) is 6.04 Å². The summed E-state index contributed by atoms with van der Waals surface area (Å²) in [6.07, 6.45) is 0. The van der Waals surface area contributed by atoms with Crippen molar-refractivity contribution in [2.75, 3.05) is 18.1 Å². The van der Waals surface area contributed by atoms with E-state index in [2.05, 4.69) is 0 Å². The molecule has 1 saturated heterocycles. The molecule has 0 spiro atoms. The van der Waals surface area contributed by atoms with Crippen molar-refractivity contribution in [2.24, 2.45) is 0 Å². The smallest absolute Gasteiger partial charge is 0.321 e. The zero-order valence-corrected chi connectivity index (χ0v) is 11.9. The monoisotopic (exact) mass is 305 g/mol. The molecule has 1 aromatic carbocycles. The summed E-state index contributed by atoms with van der Waals surface area (Å²) in [5, 5.41) is 10.4. The summed E-state index contributed by atoms with van der Waals surface area (Å²) in [6, 6.07) is 4.88. The summed E-state index contributed by atoms with van der Waals surface area (Å²) in [5.74, 6) is 0.808. The molecular formula is C12H13Cl2NO2S. The van der Waals surface area contributed by atoms with Gasteiger partial charge in [-0.1, -0.05) is 29.3 Å². The number of carboxylic acid groups (broad SMARTS) is 1. The van der Waals surface area contributed by atoms with Gasteiger partial charge >= 0.3 is 5.97 Å². The number of benzene rings is 1. The van der Waals surface area contributed by atoms with Crippen LogP contribution in [0, 0.1) is 0 Å².